The van der Waals surface area contributed by atoms with Crippen LogP contribution in [0.5, 0.6) is 5.75 Å². The Hall–Kier alpha value is -3.28. The van der Waals surface area contributed by atoms with Crippen molar-refractivity contribution in [3.63, 3.8) is 0 Å². The first-order valence-electron chi connectivity index (χ1n) is 6.87. The minimum Gasteiger partial charge on any atom is -0.421 e. The Morgan fingerprint density at radius 2 is 1.83 bits per heavy atom. The molecule has 3 rings (SSSR count). The number of hydrogen-bond donors (Lipinski definition) is 0. The molecule has 0 amide bonds. The van der Waals surface area contributed by atoms with Crippen LogP contribution in [0.4, 0.5) is 5.69 Å². The number of nitro benzene ring substituents is 1. The molecule has 1 aromatic heterocycles. The van der Waals surface area contributed by atoms with Gasteiger partial charge in [-0.05, 0) is 31.2 Å². The molecule has 6 nitrogen and oxygen atoms in total. The summed E-state index contributed by atoms with van der Waals surface area (Å²) in [4.78, 5) is 26.7. The summed E-state index contributed by atoms with van der Waals surface area (Å²) in [6.07, 6.45) is 0. The van der Waals surface area contributed by atoms with Crippen LogP contribution in [0.15, 0.2) is 54.6 Å². The molecule has 1 heterocycles. The van der Waals surface area contributed by atoms with Gasteiger partial charge in [-0.2, -0.15) is 0 Å². The van der Waals surface area contributed by atoms with Gasteiger partial charge in [0.05, 0.1) is 10.5 Å². The molecule has 0 aliphatic rings. The molecule has 0 spiro atoms. The van der Waals surface area contributed by atoms with E-state index in [9.17, 15) is 14.9 Å². The molecule has 23 heavy (non-hydrogen) atoms. The molecular formula is C17H12N2O4. The number of nitrogens with zero attached hydrogens (tertiary/aromatic N) is 2. The first kappa shape index (κ1) is 14.6. The number of pyridine rings is 1. The van der Waals surface area contributed by atoms with Crippen LogP contribution >= 0.6 is 0 Å². The SMILES string of the molecule is Cc1ccc2cccc(OC(=O)c3ccc([N+](=O)[O-])cc3)c2n1. The number of benzene rings is 2. The molecule has 0 aliphatic heterocycles. The highest BCUT2D eigenvalue weighted by Gasteiger charge is 2.13. The van der Waals surface area contributed by atoms with Crippen molar-refractivity contribution in [1.29, 1.82) is 0 Å². The van der Waals surface area contributed by atoms with Crippen LogP contribution in [-0.2, 0) is 0 Å². The van der Waals surface area contributed by atoms with Gasteiger partial charge in [0.1, 0.15) is 5.52 Å². The smallest absolute Gasteiger partial charge is 0.343 e. The fraction of sp³-hybridized carbons (Fsp3) is 0.0588. The highest BCUT2D eigenvalue weighted by atomic mass is 16.6. The third-order valence-electron chi connectivity index (χ3n) is 3.34. The molecule has 2 aromatic carbocycles. The predicted molar refractivity (Wildman–Crippen MR) is 84.5 cm³/mol. The lowest BCUT2D eigenvalue weighted by Crippen LogP contribution is -2.09. The zero-order valence-corrected chi connectivity index (χ0v) is 12.2. The summed E-state index contributed by atoms with van der Waals surface area (Å²) in [6, 6.07) is 14.4. The van der Waals surface area contributed by atoms with E-state index in [0.29, 0.717) is 11.3 Å². The first-order valence-corrected chi connectivity index (χ1v) is 6.87. The van der Waals surface area contributed by atoms with E-state index in [0.717, 1.165) is 11.1 Å². The van der Waals surface area contributed by atoms with Crippen molar-refractivity contribution >= 4 is 22.6 Å². The molecule has 3 aromatic rings. The third-order valence-corrected chi connectivity index (χ3v) is 3.34. The summed E-state index contributed by atoms with van der Waals surface area (Å²) in [5.41, 5.74) is 1.57. The second-order valence-electron chi connectivity index (χ2n) is 4.97. The van der Waals surface area contributed by atoms with E-state index in [1.807, 2.05) is 25.1 Å². The Morgan fingerprint density at radius 1 is 1.09 bits per heavy atom. The van der Waals surface area contributed by atoms with E-state index in [1.54, 1.807) is 12.1 Å². The number of rotatable bonds is 3. The van der Waals surface area contributed by atoms with E-state index < -0.39 is 10.9 Å². The molecule has 0 atom stereocenters. The number of nitro groups is 1. The van der Waals surface area contributed by atoms with E-state index in [4.69, 9.17) is 4.74 Å². The normalized spacial score (nSPS) is 10.5. The number of ether oxygens (including phenoxy) is 1. The lowest BCUT2D eigenvalue weighted by Gasteiger charge is -2.07. The summed E-state index contributed by atoms with van der Waals surface area (Å²) < 4.78 is 5.40. The number of carbonyl (C=O) groups is 1. The van der Waals surface area contributed by atoms with Crippen LogP contribution in [0.3, 0.4) is 0 Å². The van der Waals surface area contributed by atoms with Crippen molar-refractivity contribution in [2.24, 2.45) is 0 Å². The lowest BCUT2D eigenvalue weighted by atomic mass is 10.2. The fourth-order valence-corrected chi connectivity index (χ4v) is 2.18. The maximum Gasteiger partial charge on any atom is 0.343 e. The Morgan fingerprint density at radius 3 is 2.52 bits per heavy atom. The Balaban J connectivity index is 1.91. The Bertz CT molecular complexity index is 904. The second kappa shape index (κ2) is 5.84. The number of fused-ring (bicyclic) bond motifs is 1. The van der Waals surface area contributed by atoms with Crippen LogP contribution in [0.1, 0.15) is 16.1 Å². The van der Waals surface area contributed by atoms with Gasteiger partial charge < -0.3 is 4.74 Å². The molecule has 0 saturated heterocycles. The third kappa shape index (κ3) is 3.01. The molecule has 0 fully saturated rings. The molecule has 0 aliphatic carbocycles. The summed E-state index contributed by atoms with van der Waals surface area (Å²) in [5.74, 6) is -0.231. The zero-order chi connectivity index (χ0) is 16.4. The first-order chi connectivity index (χ1) is 11.0. The van der Waals surface area contributed by atoms with E-state index in [2.05, 4.69) is 4.98 Å². The summed E-state index contributed by atoms with van der Waals surface area (Å²) >= 11 is 0. The summed E-state index contributed by atoms with van der Waals surface area (Å²) in [5, 5.41) is 11.5. The van der Waals surface area contributed by atoms with Crippen LogP contribution in [0.25, 0.3) is 10.9 Å². The van der Waals surface area contributed by atoms with Gasteiger partial charge in [0, 0.05) is 23.2 Å². The molecule has 114 valence electrons. The van der Waals surface area contributed by atoms with Gasteiger partial charge in [-0.1, -0.05) is 18.2 Å². The number of aryl methyl sites for hydroxylation is 1. The zero-order valence-electron chi connectivity index (χ0n) is 12.2. The molecule has 0 unspecified atom stereocenters. The van der Waals surface area contributed by atoms with Crippen molar-refractivity contribution in [2.75, 3.05) is 0 Å². The van der Waals surface area contributed by atoms with Crippen LogP contribution in [0.2, 0.25) is 0 Å². The molecular weight excluding hydrogens is 296 g/mol. The van der Waals surface area contributed by atoms with Gasteiger partial charge >= 0.3 is 5.97 Å². The number of para-hydroxylation sites is 1. The monoisotopic (exact) mass is 308 g/mol. The van der Waals surface area contributed by atoms with Gasteiger partial charge in [-0.25, -0.2) is 9.78 Å². The number of aromatic nitrogens is 1. The average molecular weight is 308 g/mol. The minimum absolute atomic E-state index is 0.0796. The van der Waals surface area contributed by atoms with E-state index in [1.165, 1.54) is 24.3 Å². The molecule has 0 bridgehead atoms. The number of hydrogen-bond acceptors (Lipinski definition) is 5. The predicted octanol–water partition coefficient (Wildman–Crippen LogP) is 3.67. The van der Waals surface area contributed by atoms with E-state index >= 15 is 0 Å². The quantitative estimate of drug-likeness (QED) is 0.319. The highest BCUT2D eigenvalue weighted by molar-refractivity contribution is 5.94. The Kier molecular flexibility index (Phi) is 3.72. The fourth-order valence-electron chi connectivity index (χ4n) is 2.18. The van der Waals surface area contributed by atoms with Gasteiger partial charge in [0.2, 0.25) is 0 Å². The van der Waals surface area contributed by atoms with Gasteiger partial charge in [-0.3, -0.25) is 10.1 Å². The number of non-ortho nitro benzene ring substituents is 1. The summed E-state index contributed by atoms with van der Waals surface area (Å²) in [6.45, 7) is 1.86. The Labute approximate surface area is 131 Å². The largest absolute Gasteiger partial charge is 0.421 e. The lowest BCUT2D eigenvalue weighted by molar-refractivity contribution is -0.384. The maximum atomic E-state index is 12.2. The van der Waals surface area contributed by atoms with Crippen LogP contribution < -0.4 is 4.74 Å². The van der Waals surface area contributed by atoms with Crippen molar-refractivity contribution in [1.82, 2.24) is 4.98 Å². The highest BCUT2D eigenvalue weighted by Crippen LogP contribution is 2.25. The topological polar surface area (TPSA) is 82.3 Å². The van der Waals surface area contributed by atoms with Gasteiger partial charge in [0.15, 0.2) is 5.75 Å². The minimum atomic E-state index is -0.587. The van der Waals surface area contributed by atoms with Crippen molar-refractivity contribution in [3.8, 4) is 5.75 Å². The van der Waals surface area contributed by atoms with Crippen LogP contribution in [-0.4, -0.2) is 15.9 Å². The van der Waals surface area contributed by atoms with Gasteiger partial charge in [-0.15, -0.1) is 0 Å². The second-order valence-corrected chi connectivity index (χ2v) is 4.97. The molecule has 0 radical (unpaired) electrons. The van der Waals surface area contributed by atoms with E-state index in [-0.39, 0.29) is 11.3 Å². The van der Waals surface area contributed by atoms with Crippen molar-refractivity contribution < 1.29 is 14.5 Å². The van der Waals surface area contributed by atoms with Crippen molar-refractivity contribution in [3.05, 3.63) is 76.0 Å². The summed E-state index contributed by atoms with van der Waals surface area (Å²) in [7, 11) is 0. The molecule has 0 N–H and O–H groups in total. The van der Waals surface area contributed by atoms with Gasteiger partial charge in [0.25, 0.3) is 5.69 Å². The molecule has 0 saturated carbocycles. The number of carbonyl (C=O) groups excluding carboxylic acids is 1. The average Bonchev–Trinajstić information content (AvgIpc) is 2.55. The standard InChI is InChI=1S/C17H12N2O4/c1-11-5-6-12-3-2-4-15(16(12)18-11)23-17(20)13-7-9-14(10-8-13)19(21)22/h2-10H,1H3. The maximum absolute atomic E-state index is 12.2. The van der Waals surface area contributed by atoms with Crippen LogP contribution in [0, 0.1) is 17.0 Å². The number of esters is 1. The molecule has 6 heteroatoms. The van der Waals surface area contributed by atoms with Crippen molar-refractivity contribution in [2.45, 2.75) is 6.92 Å².